The van der Waals surface area contributed by atoms with Crippen molar-refractivity contribution in [3.05, 3.63) is 57.6 Å². The third-order valence-corrected chi connectivity index (χ3v) is 6.38. The second-order valence-corrected chi connectivity index (χ2v) is 8.70. The number of carbonyl (C=O) groups is 3. The van der Waals surface area contributed by atoms with Crippen LogP contribution in [0.3, 0.4) is 0 Å². The Balaban J connectivity index is 1.55. The Morgan fingerprint density at radius 1 is 1.00 bits per heavy atom. The van der Waals surface area contributed by atoms with E-state index in [0.717, 1.165) is 25.7 Å². The van der Waals surface area contributed by atoms with Crippen LogP contribution in [0.25, 0.3) is 0 Å². The normalized spacial score (nSPS) is 20.6. The molecule has 0 bridgehead atoms. The zero-order chi connectivity index (χ0) is 22.1. The summed E-state index contributed by atoms with van der Waals surface area (Å²) in [5.41, 5.74) is 7.57. The van der Waals surface area contributed by atoms with Gasteiger partial charge in [-0.2, -0.15) is 0 Å². The topological polar surface area (TPSA) is 105 Å². The van der Waals surface area contributed by atoms with E-state index in [0.29, 0.717) is 27.5 Å². The van der Waals surface area contributed by atoms with Gasteiger partial charge in [0.25, 0.3) is 11.8 Å². The lowest BCUT2D eigenvalue weighted by Crippen LogP contribution is -2.42. The molecule has 4 N–H and O–H groups in total. The molecule has 1 aliphatic heterocycles. The number of carbonyl (C=O) groups excluding carboxylic acids is 3. The molecule has 4 rings (SSSR count). The fourth-order valence-electron chi connectivity index (χ4n) is 3.93. The fraction of sp³-hybridized carbons (Fsp3) is 0.318. The lowest BCUT2D eigenvalue weighted by molar-refractivity contribution is -0.115. The van der Waals surface area contributed by atoms with E-state index in [4.69, 9.17) is 28.9 Å². The Hall–Kier alpha value is -2.61. The number of nitrogens with one attached hydrogen (secondary N) is 2. The summed E-state index contributed by atoms with van der Waals surface area (Å²) >= 11 is 12.0. The van der Waals surface area contributed by atoms with E-state index in [1.54, 1.807) is 24.3 Å². The van der Waals surface area contributed by atoms with Crippen molar-refractivity contribution < 1.29 is 14.4 Å². The number of hydrogen-bond acceptors (Lipinski definition) is 4. The van der Waals surface area contributed by atoms with Crippen LogP contribution in [-0.2, 0) is 4.79 Å². The second kappa shape index (κ2) is 8.86. The maximum absolute atomic E-state index is 13.0. The lowest BCUT2D eigenvalue weighted by Gasteiger charge is -2.30. The van der Waals surface area contributed by atoms with Crippen LogP contribution in [0.5, 0.6) is 0 Å². The number of benzene rings is 2. The quantitative estimate of drug-likeness (QED) is 0.650. The summed E-state index contributed by atoms with van der Waals surface area (Å²) in [6, 6.07) is 9.75. The van der Waals surface area contributed by atoms with Gasteiger partial charge in [0, 0.05) is 23.2 Å². The first-order valence-corrected chi connectivity index (χ1v) is 10.8. The van der Waals surface area contributed by atoms with Gasteiger partial charge in [0.05, 0.1) is 21.4 Å². The van der Waals surface area contributed by atoms with Gasteiger partial charge in [0.1, 0.15) is 6.54 Å². The zero-order valence-corrected chi connectivity index (χ0v) is 18.2. The smallest absolute Gasteiger partial charge is 0.258 e. The van der Waals surface area contributed by atoms with Crippen molar-refractivity contribution in [2.75, 3.05) is 16.8 Å². The van der Waals surface area contributed by atoms with Crippen LogP contribution in [0.4, 0.5) is 11.4 Å². The number of fused-ring (bicyclic) bond motifs is 1. The third-order valence-electron chi connectivity index (χ3n) is 5.64. The van der Waals surface area contributed by atoms with Crippen molar-refractivity contribution in [3.8, 4) is 0 Å². The Morgan fingerprint density at radius 2 is 1.71 bits per heavy atom. The molecule has 1 saturated carbocycles. The Labute approximate surface area is 189 Å². The van der Waals surface area contributed by atoms with Crippen molar-refractivity contribution in [1.82, 2.24) is 5.32 Å². The first-order chi connectivity index (χ1) is 14.8. The number of nitrogens with zero attached hydrogens (tertiary/aromatic N) is 1. The molecule has 162 valence electrons. The number of nitrogens with two attached hydrogens (primary N) is 1. The summed E-state index contributed by atoms with van der Waals surface area (Å²) in [5.74, 6) is -0.949. The van der Waals surface area contributed by atoms with Gasteiger partial charge in [-0.15, -0.1) is 0 Å². The van der Waals surface area contributed by atoms with Crippen molar-refractivity contribution in [2.24, 2.45) is 5.73 Å². The number of halogens is 2. The van der Waals surface area contributed by atoms with E-state index in [1.165, 1.54) is 17.0 Å². The number of rotatable bonds is 3. The molecule has 31 heavy (non-hydrogen) atoms. The standard InChI is InChI=1S/C22H22Cl2N4O3/c23-16-7-1-13(9-17(16)24)22(31)28-11-20(29)27-18-10-12(2-8-19(18)28)21(30)26-15-5-3-14(25)4-6-15/h1-2,7-10,14-15H,3-6,11,25H2,(H,26,30)(H,27,29). The lowest BCUT2D eigenvalue weighted by atomic mass is 9.91. The van der Waals surface area contributed by atoms with Crippen LogP contribution < -0.4 is 21.3 Å². The molecule has 0 unspecified atom stereocenters. The molecular formula is C22H22Cl2N4O3. The van der Waals surface area contributed by atoms with E-state index in [1.807, 2.05) is 0 Å². The molecule has 1 aliphatic carbocycles. The predicted molar refractivity (Wildman–Crippen MR) is 121 cm³/mol. The molecule has 0 spiro atoms. The highest BCUT2D eigenvalue weighted by Gasteiger charge is 2.29. The molecule has 1 heterocycles. The molecule has 7 nitrogen and oxygen atoms in total. The number of amides is 3. The van der Waals surface area contributed by atoms with Gasteiger partial charge < -0.3 is 16.4 Å². The Bertz CT molecular complexity index is 1050. The van der Waals surface area contributed by atoms with Gasteiger partial charge in [0.15, 0.2) is 0 Å². The summed E-state index contributed by atoms with van der Waals surface area (Å²) in [6.07, 6.45) is 3.47. The Morgan fingerprint density at radius 3 is 2.42 bits per heavy atom. The largest absolute Gasteiger partial charge is 0.349 e. The summed E-state index contributed by atoms with van der Waals surface area (Å²) in [6.45, 7) is -0.139. The number of anilines is 2. The van der Waals surface area contributed by atoms with Gasteiger partial charge in [-0.1, -0.05) is 23.2 Å². The number of hydrogen-bond donors (Lipinski definition) is 3. The van der Waals surface area contributed by atoms with Crippen molar-refractivity contribution in [3.63, 3.8) is 0 Å². The fourth-order valence-corrected chi connectivity index (χ4v) is 4.23. The highest BCUT2D eigenvalue weighted by atomic mass is 35.5. The first kappa shape index (κ1) is 21.6. The minimum absolute atomic E-state index is 0.0886. The van der Waals surface area contributed by atoms with Gasteiger partial charge in [-0.3, -0.25) is 19.3 Å². The summed E-state index contributed by atoms with van der Waals surface area (Å²) < 4.78 is 0. The van der Waals surface area contributed by atoms with E-state index in [9.17, 15) is 14.4 Å². The van der Waals surface area contributed by atoms with E-state index >= 15 is 0 Å². The van der Waals surface area contributed by atoms with E-state index < -0.39 is 0 Å². The molecule has 2 aliphatic rings. The second-order valence-electron chi connectivity index (χ2n) is 7.89. The average molecular weight is 461 g/mol. The minimum Gasteiger partial charge on any atom is -0.349 e. The molecule has 2 aromatic rings. The van der Waals surface area contributed by atoms with Crippen molar-refractivity contribution >= 4 is 52.3 Å². The van der Waals surface area contributed by atoms with Crippen LogP contribution >= 0.6 is 23.2 Å². The summed E-state index contributed by atoms with van der Waals surface area (Å²) in [5, 5.41) is 6.37. The van der Waals surface area contributed by atoms with Crippen LogP contribution in [0.15, 0.2) is 36.4 Å². The highest BCUT2D eigenvalue weighted by Crippen LogP contribution is 2.32. The average Bonchev–Trinajstić information content (AvgIpc) is 2.75. The van der Waals surface area contributed by atoms with Crippen molar-refractivity contribution in [1.29, 1.82) is 0 Å². The van der Waals surface area contributed by atoms with Crippen molar-refractivity contribution in [2.45, 2.75) is 37.8 Å². The summed E-state index contributed by atoms with van der Waals surface area (Å²) in [4.78, 5) is 39.4. The van der Waals surface area contributed by atoms with Gasteiger partial charge >= 0.3 is 0 Å². The molecule has 9 heteroatoms. The SMILES string of the molecule is NC1CCC(NC(=O)c2ccc3c(c2)NC(=O)CN3C(=O)c2ccc(Cl)c(Cl)c2)CC1. The summed E-state index contributed by atoms with van der Waals surface area (Å²) in [7, 11) is 0. The minimum atomic E-state index is -0.384. The third kappa shape index (κ3) is 4.69. The molecule has 2 aromatic carbocycles. The zero-order valence-electron chi connectivity index (χ0n) is 16.7. The van der Waals surface area contributed by atoms with E-state index in [2.05, 4.69) is 10.6 Å². The molecule has 1 fully saturated rings. The van der Waals surface area contributed by atoms with Gasteiger partial charge in [-0.25, -0.2) is 0 Å². The van der Waals surface area contributed by atoms with Gasteiger partial charge in [-0.05, 0) is 62.1 Å². The monoisotopic (exact) mass is 460 g/mol. The molecule has 0 aromatic heterocycles. The van der Waals surface area contributed by atoms with Crippen LogP contribution in [0.1, 0.15) is 46.4 Å². The molecule has 0 radical (unpaired) electrons. The first-order valence-electron chi connectivity index (χ1n) is 10.1. The molecule has 0 atom stereocenters. The van der Waals surface area contributed by atoms with Crippen LogP contribution in [0.2, 0.25) is 10.0 Å². The van der Waals surface area contributed by atoms with Crippen LogP contribution in [0, 0.1) is 0 Å². The van der Waals surface area contributed by atoms with Gasteiger partial charge in [0.2, 0.25) is 5.91 Å². The predicted octanol–water partition coefficient (Wildman–Crippen LogP) is 3.59. The maximum atomic E-state index is 13.0. The van der Waals surface area contributed by atoms with E-state index in [-0.39, 0.29) is 41.4 Å². The highest BCUT2D eigenvalue weighted by molar-refractivity contribution is 6.42. The van der Waals surface area contributed by atoms with Crippen LogP contribution in [-0.4, -0.2) is 36.3 Å². The Kier molecular flexibility index (Phi) is 6.18. The molecule has 0 saturated heterocycles. The molecular weight excluding hydrogens is 439 g/mol. The maximum Gasteiger partial charge on any atom is 0.258 e. The molecule has 3 amide bonds.